The number of H-pyrrole nitrogens is 2. The van der Waals surface area contributed by atoms with Crippen LogP contribution in [0.25, 0.3) is 11.3 Å². The molecular weight excluding hydrogens is 192 g/mol. The fourth-order valence-electron chi connectivity index (χ4n) is 1.60. The first kappa shape index (κ1) is 9.58. The van der Waals surface area contributed by atoms with E-state index in [0.29, 0.717) is 17.7 Å². The Hall–Kier alpha value is -1.97. The van der Waals surface area contributed by atoms with E-state index in [1.807, 2.05) is 13.0 Å². The second kappa shape index (κ2) is 3.65. The number of aromatic nitrogens is 2. The average Bonchev–Trinajstić information content (AvgIpc) is 2.60. The Kier molecular flexibility index (Phi) is 2.33. The molecule has 0 bridgehead atoms. The van der Waals surface area contributed by atoms with E-state index in [1.165, 1.54) is 0 Å². The third kappa shape index (κ3) is 1.66. The van der Waals surface area contributed by atoms with Crippen molar-refractivity contribution in [3.63, 3.8) is 0 Å². The molecule has 4 nitrogen and oxygen atoms in total. The van der Waals surface area contributed by atoms with Crippen molar-refractivity contribution in [2.24, 2.45) is 0 Å². The molecule has 15 heavy (non-hydrogen) atoms. The zero-order chi connectivity index (χ0) is 10.8. The zero-order valence-corrected chi connectivity index (χ0v) is 8.37. The molecule has 3 N–H and O–H groups in total. The van der Waals surface area contributed by atoms with Gasteiger partial charge in [0.2, 0.25) is 0 Å². The van der Waals surface area contributed by atoms with Gasteiger partial charge < -0.3 is 15.1 Å². The molecule has 4 heteroatoms. The van der Waals surface area contributed by atoms with E-state index >= 15 is 0 Å². The third-order valence-corrected chi connectivity index (χ3v) is 2.33. The summed E-state index contributed by atoms with van der Waals surface area (Å²) in [5.74, 6) is 0.169. The number of imidazole rings is 1. The molecule has 0 aliphatic carbocycles. The largest absolute Gasteiger partial charge is 0.507 e. The summed E-state index contributed by atoms with van der Waals surface area (Å²) < 4.78 is 0. The average molecular weight is 204 g/mol. The summed E-state index contributed by atoms with van der Waals surface area (Å²) in [5.41, 5.74) is 1.87. The Morgan fingerprint density at radius 1 is 1.27 bits per heavy atom. The number of aromatic hydroxyl groups is 1. The predicted molar refractivity (Wildman–Crippen MR) is 57.9 cm³/mol. The molecule has 1 heterocycles. The normalized spacial score (nSPS) is 10.5. The van der Waals surface area contributed by atoms with Crippen LogP contribution >= 0.6 is 0 Å². The van der Waals surface area contributed by atoms with Gasteiger partial charge in [0.1, 0.15) is 5.75 Å². The van der Waals surface area contributed by atoms with Gasteiger partial charge in [-0.3, -0.25) is 0 Å². The lowest BCUT2D eigenvalue weighted by Crippen LogP contribution is -2.00. The highest BCUT2D eigenvalue weighted by atomic mass is 16.3. The van der Waals surface area contributed by atoms with Crippen LogP contribution in [0.3, 0.4) is 0 Å². The molecule has 0 spiro atoms. The molecular formula is C11H12N2O2. The van der Waals surface area contributed by atoms with Gasteiger partial charge in [-0.05, 0) is 18.6 Å². The molecule has 0 amide bonds. The summed E-state index contributed by atoms with van der Waals surface area (Å²) in [6.07, 6.45) is 0.711. The maximum Gasteiger partial charge on any atom is 0.323 e. The number of nitrogens with one attached hydrogen (secondary N) is 2. The van der Waals surface area contributed by atoms with E-state index in [0.717, 1.165) is 5.69 Å². The van der Waals surface area contributed by atoms with E-state index in [2.05, 4.69) is 9.97 Å². The van der Waals surface area contributed by atoms with Gasteiger partial charge in [0, 0.05) is 11.3 Å². The molecule has 0 atom stereocenters. The number of phenolic OH excluding ortho intramolecular Hbond substituents is 1. The number of phenols is 1. The van der Waals surface area contributed by atoms with E-state index in [4.69, 9.17) is 0 Å². The highest BCUT2D eigenvalue weighted by molar-refractivity contribution is 5.68. The van der Waals surface area contributed by atoms with Crippen LogP contribution in [0.5, 0.6) is 5.75 Å². The van der Waals surface area contributed by atoms with E-state index < -0.39 is 0 Å². The lowest BCUT2D eigenvalue weighted by Gasteiger charge is -2.03. The smallest absolute Gasteiger partial charge is 0.323 e. The molecule has 2 rings (SSSR count). The van der Waals surface area contributed by atoms with Crippen molar-refractivity contribution in [1.29, 1.82) is 0 Å². The number of aromatic amines is 2. The van der Waals surface area contributed by atoms with Gasteiger partial charge in [0.15, 0.2) is 0 Å². The van der Waals surface area contributed by atoms with Crippen molar-refractivity contribution in [2.45, 2.75) is 13.3 Å². The Balaban J connectivity index is 2.63. The van der Waals surface area contributed by atoms with Crippen LogP contribution in [0, 0.1) is 0 Å². The molecule has 0 saturated heterocycles. The Labute approximate surface area is 86.6 Å². The highest BCUT2D eigenvalue weighted by Gasteiger charge is 2.10. The molecule has 0 radical (unpaired) electrons. The van der Waals surface area contributed by atoms with Crippen molar-refractivity contribution < 1.29 is 5.11 Å². The quantitative estimate of drug-likeness (QED) is 0.696. The predicted octanol–water partition coefficient (Wildman–Crippen LogP) is 1.64. The highest BCUT2D eigenvalue weighted by Crippen LogP contribution is 2.28. The van der Waals surface area contributed by atoms with E-state index in [9.17, 15) is 9.90 Å². The third-order valence-electron chi connectivity index (χ3n) is 2.33. The topological polar surface area (TPSA) is 68.9 Å². The lowest BCUT2D eigenvalue weighted by molar-refractivity contribution is 0.477. The van der Waals surface area contributed by atoms with Crippen LogP contribution in [0.1, 0.15) is 12.6 Å². The van der Waals surface area contributed by atoms with Gasteiger partial charge in [-0.15, -0.1) is 0 Å². The summed E-state index contributed by atoms with van der Waals surface area (Å²) in [6.45, 7) is 1.95. The lowest BCUT2D eigenvalue weighted by atomic mass is 10.1. The second-order valence-corrected chi connectivity index (χ2v) is 3.30. The van der Waals surface area contributed by atoms with Crippen molar-refractivity contribution in [1.82, 2.24) is 9.97 Å². The van der Waals surface area contributed by atoms with Gasteiger partial charge in [-0.25, -0.2) is 4.79 Å². The summed E-state index contributed by atoms with van der Waals surface area (Å²) in [5, 5.41) is 9.66. The number of hydrogen-bond donors (Lipinski definition) is 3. The minimum Gasteiger partial charge on any atom is -0.507 e. The van der Waals surface area contributed by atoms with Gasteiger partial charge in [-0.2, -0.15) is 0 Å². The van der Waals surface area contributed by atoms with Crippen molar-refractivity contribution in [2.75, 3.05) is 0 Å². The minimum absolute atomic E-state index is 0.169. The van der Waals surface area contributed by atoms with Gasteiger partial charge >= 0.3 is 5.69 Å². The number of rotatable bonds is 2. The molecule has 0 aliphatic rings. The van der Waals surface area contributed by atoms with Crippen LogP contribution < -0.4 is 5.69 Å². The summed E-state index contributed by atoms with van der Waals surface area (Å²) in [7, 11) is 0. The fraction of sp³-hybridized carbons (Fsp3) is 0.182. The fourth-order valence-corrected chi connectivity index (χ4v) is 1.60. The maximum atomic E-state index is 11.2. The Morgan fingerprint density at radius 3 is 2.67 bits per heavy atom. The van der Waals surface area contributed by atoms with Gasteiger partial charge in [-0.1, -0.05) is 19.1 Å². The number of para-hydroxylation sites is 1. The summed E-state index contributed by atoms with van der Waals surface area (Å²) >= 11 is 0. The number of aryl methyl sites for hydroxylation is 1. The minimum atomic E-state index is -0.245. The molecule has 0 unspecified atom stereocenters. The molecule has 0 saturated carbocycles. The standard InChI is InChI=1S/C11H12N2O2/c1-2-8-10(13-11(15)12-8)7-5-3-4-6-9(7)14/h3-6,14H,2H2,1H3,(H2,12,13,15). The molecule has 2 aromatic rings. The van der Waals surface area contributed by atoms with Gasteiger partial charge in [0.05, 0.1) is 5.69 Å². The SMILES string of the molecule is CCc1[nH]c(=O)[nH]c1-c1ccccc1O. The molecule has 0 aliphatic heterocycles. The molecule has 1 aromatic heterocycles. The van der Waals surface area contributed by atoms with Crippen LogP contribution in [-0.4, -0.2) is 15.1 Å². The first-order valence-corrected chi connectivity index (χ1v) is 4.82. The van der Waals surface area contributed by atoms with E-state index in [1.54, 1.807) is 18.2 Å². The first-order chi connectivity index (χ1) is 7.22. The van der Waals surface area contributed by atoms with Crippen molar-refractivity contribution in [3.05, 3.63) is 40.4 Å². The molecule has 1 aromatic carbocycles. The zero-order valence-electron chi connectivity index (χ0n) is 8.37. The monoisotopic (exact) mass is 204 g/mol. The van der Waals surface area contributed by atoms with Gasteiger partial charge in [0.25, 0.3) is 0 Å². The Bertz CT molecular complexity index is 525. The summed E-state index contributed by atoms with van der Waals surface area (Å²) in [4.78, 5) is 16.5. The van der Waals surface area contributed by atoms with Crippen LogP contribution in [-0.2, 0) is 6.42 Å². The van der Waals surface area contributed by atoms with Crippen LogP contribution in [0.15, 0.2) is 29.1 Å². The van der Waals surface area contributed by atoms with Crippen molar-refractivity contribution >= 4 is 0 Å². The summed E-state index contributed by atoms with van der Waals surface area (Å²) in [6, 6.07) is 6.93. The second-order valence-electron chi connectivity index (χ2n) is 3.30. The van der Waals surface area contributed by atoms with Crippen LogP contribution in [0.4, 0.5) is 0 Å². The molecule has 0 fully saturated rings. The number of benzene rings is 1. The number of hydrogen-bond acceptors (Lipinski definition) is 2. The van der Waals surface area contributed by atoms with Crippen LogP contribution in [0.2, 0.25) is 0 Å². The molecule has 78 valence electrons. The maximum absolute atomic E-state index is 11.2. The van der Waals surface area contributed by atoms with E-state index in [-0.39, 0.29) is 11.4 Å². The Morgan fingerprint density at radius 2 is 2.00 bits per heavy atom. The first-order valence-electron chi connectivity index (χ1n) is 4.82. The van der Waals surface area contributed by atoms with Crippen molar-refractivity contribution in [3.8, 4) is 17.0 Å².